The fourth-order valence-corrected chi connectivity index (χ4v) is 7.00. The zero-order chi connectivity index (χ0) is 22.0. The van der Waals surface area contributed by atoms with Gasteiger partial charge in [-0.25, -0.2) is 8.42 Å². The predicted molar refractivity (Wildman–Crippen MR) is 122 cm³/mol. The Kier molecular flexibility index (Phi) is 6.65. The summed E-state index contributed by atoms with van der Waals surface area (Å²) < 4.78 is 34.4. The zero-order valence-electron chi connectivity index (χ0n) is 18.8. The van der Waals surface area contributed by atoms with E-state index in [2.05, 4.69) is 9.88 Å². The van der Waals surface area contributed by atoms with Gasteiger partial charge in [-0.15, -0.1) is 0 Å². The maximum absolute atomic E-state index is 13.3. The van der Waals surface area contributed by atoms with Crippen LogP contribution in [0.5, 0.6) is 5.75 Å². The van der Waals surface area contributed by atoms with Gasteiger partial charge < -0.3 is 9.64 Å². The molecule has 1 aromatic carbocycles. The number of aryl methyl sites for hydroxylation is 3. The second-order valence-electron chi connectivity index (χ2n) is 8.90. The molecule has 2 aliphatic rings. The molecule has 168 valence electrons. The maximum Gasteiger partial charge on any atom is 0.243 e. The van der Waals surface area contributed by atoms with Crippen LogP contribution in [0, 0.1) is 20.8 Å². The molecule has 0 bridgehead atoms. The van der Waals surface area contributed by atoms with Gasteiger partial charge in [-0.2, -0.15) is 4.31 Å². The number of likely N-dealkylation sites (tertiary alicyclic amines) is 1. The van der Waals surface area contributed by atoms with Crippen molar-refractivity contribution >= 4 is 10.0 Å². The van der Waals surface area contributed by atoms with Crippen molar-refractivity contribution in [1.29, 1.82) is 0 Å². The molecule has 1 aromatic heterocycles. The Labute approximate surface area is 186 Å². The number of piperidine rings is 2. The molecule has 0 spiro atoms. The van der Waals surface area contributed by atoms with Crippen molar-refractivity contribution < 1.29 is 13.2 Å². The van der Waals surface area contributed by atoms with E-state index in [0.717, 1.165) is 61.2 Å². The van der Waals surface area contributed by atoms with E-state index in [0.29, 0.717) is 24.0 Å². The lowest BCUT2D eigenvalue weighted by Gasteiger charge is -2.41. The molecule has 2 fully saturated rings. The van der Waals surface area contributed by atoms with Crippen molar-refractivity contribution in [2.24, 2.45) is 0 Å². The van der Waals surface area contributed by atoms with E-state index in [1.165, 1.54) is 0 Å². The van der Waals surface area contributed by atoms with E-state index in [1.54, 1.807) is 16.7 Å². The van der Waals surface area contributed by atoms with Crippen LogP contribution in [0.1, 0.15) is 42.4 Å². The molecule has 0 atom stereocenters. The van der Waals surface area contributed by atoms with Crippen LogP contribution in [0.15, 0.2) is 41.6 Å². The smallest absolute Gasteiger partial charge is 0.243 e. The van der Waals surface area contributed by atoms with Crippen LogP contribution in [-0.4, -0.2) is 60.9 Å². The topological polar surface area (TPSA) is 62.7 Å². The maximum atomic E-state index is 13.3. The van der Waals surface area contributed by atoms with Gasteiger partial charge in [0.2, 0.25) is 10.0 Å². The molecule has 0 unspecified atom stereocenters. The molecule has 2 saturated heterocycles. The molecule has 2 aliphatic heterocycles. The highest BCUT2D eigenvalue weighted by atomic mass is 32.2. The summed E-state index contributed by atoms with van der Waals surface area (Å²) in [6, 6.07) is 8.18. The lowest BCUT2D eigenvalue weighted by molar-refractivity contribution is 0.0585. The Balaban J connectivity index is 1.32. The molecule has 0 radical (unpaired) electrons. The number of hydrogen-bond acceptors (Lipinski definition) is 5. The highest BCUT2D eigenvalue weighted by Crippen LogP contribution is 2.29. The van der Waals surface area contributed by atoms with Crippen molar-refractivity contribution in [3.05, 3.63) is 53.3 Å². The summed E-state index contributed by atoms with van der Waals surface area (Å²) in [7, 11) is -3.45. The molecular weight excluding hydrogens is 410 g/mol. The molecule has 31 heavy (non-hydrogen) atoms. The summed E-state index contributed by atoms with van der Waals surface area (Å²) in [5.74, 6) is 0.883. The van der Waals surface area contributed by atoms with Crippen LogP contribution in [0.2, 0.25) is 0 Å². The Morgan fingerprint density at radius 3 is 2.06 bits per heavy atom. The van der Waals surface area contributed by atoms with Crippen LogP contribution in [0.25, 0.3) is 0 Å². The first-order valence-corrected chi connectivity index (χ1v) is 12.7. The average Bonchev–Trinajstić information content (AvgIpc) is 2.74. The Bertz CT molecular complexity index is 971. The minimum absolute atomic E-state index is 0.242. The molecule has 6 nitrogen and oxygen atoms in total. The first-order valence-electron chi connectivity index (χ1n) is 11.2. The van der Waals surface area contributed by atoms with E-state index >= 15 is 0 Å². The van der Waals surface area contributed by atoms with E-state index in [4.69, 9.17) is 4.74 Å². The van der Waals surface area contributed by atoms with Gasteiger partial charge in [-0.1, -0.05) is 17.7 Å². The van der Waals surface area contributed by atoms with E-state index in [-0.39, 0.29) is 6.10 Å². The molecule has 0 N–H and O–H groups in total. The van der Waals surface area contributed by atoms with Crippen LogP contribution < -0.4 is 4.74 Å². The van der Waals surface area contributed by atoms with Crippen molar-refractivity contribution in [3.63, 3.8) is 0 Å². The fourth-order valence-electron chi connectivity index (χ4n) is 5.12. The molecule has 3 heterocycles. The highest BCUT2D eigenvalue weighted by Gasteiger charge is 2.34. The minimum atomic E-state index is -3.45. The van der Waals surface area contributed by atoms with Crippen molar-refractivity contribution in [2.45, 2.75) is 63.5 Å². The fraction of sp³-hybridized carbons (Fsp3) is 0.542. The summed E-state index contributed by atoms with van der Waals surface area (Å²) in [6.45, 7) is 9.00. The third-order valence-corrected chi connectivity index (χ3v) is 8.78. The van der Waals surface area contributed by atoms with Crippen molar-refractivity contribution in [2.75, 3.05) is 26.2 Å². The molecule has 4 rings (SSSR count). The van der Waals surface area contributed by atoms with Gasteiger partial charge in [0, 0.05) is 44.6 Å². The standard InChI is InChI=1S/C24H33N3O3S/c1-18-16-19(2)24(20(3)17-18)31(28,29)27-14-6-21(7-15-27)26-12-8-23(9-13-26)30-22-4-10-25-11-5-22/h4-5,10-11,16-17,21,23H,6-9,12-15H2,1-3H3. The van der Waals surface area contributed by atoms with Gasteiger partial charge in [0.25, 0.3) is 0 Å². The molecule has 0 saturated carbocycles. The van der Waals surface area contributed by atoms with Gasteiger partial charge in [0.05, 0.1) is 4.90 Å². The number of hydrogen-bond donors (Lipinski definition) is 0. The number of sulfonamides is 1. The second-order valence-corrected chi connectivity index (χ2v) is 10.8. The number of nitrogens with zero attached hydrogens (tertiary/aromatic N) is 3. The average molecular weight is 444 g/mol. The van der Waals surface area contributed by atoms with Crippen LogP contribution in [-0.2, 0) is 10.0 Å². The Morgan fingerprint density at radius 1 is 0.903 bits per heavy atom. The summed E-state index contributed by atoms with van der Waals surface area (Å²) in [5.41, 5.74) is 2.79. The summed E-state index contributed by atoms with van der Waals surface area (Å²) in [6.07, 6.45) is 7.53. The third-order valence-electron chi connectivity index (χ3n) is 6.57. The molecular formula is C24H33N3O3S. The third kappa shape index (κ3) is 4.94. The lowest BCUT2D eigenvalue weighted by atomic mass is 10.00. The summed E-state index contributed by atoms with van der Waals surface area (Å²) in [5, 5.41) is 0. The van der Waals surface area contributed by atoms with Gasteiger partial charge in [-0.3, -0.25) is 4.98 Å². The second kappa shape index (κ2) is 9.27. The summed E-state index contributed by atoms with van der Waals surface area (Å²) >= 11 is 0. The highest BCUT2D eigenvalue weighted by molar-refractivity contribution is 7.89. The van der Waals surface area contributed by atoms with Crippen molar-refractivity contribution in [3.8, 4) is 5.75 Å². The SMILES string of the molecule is Cc1cc(C)c(S(=O)(=O)N2CCC(N3CCC(Oc4ccncc4)CC3)CC2)c(C)c1. The van der Waals surface area contributed by atoms with Crippen LogP contribution in [0.4, 0.5) is 0 Å². The number of pyridine rings is 1. The largest absolute Gasteiger partial charge is 0.490 e. The van der Waals surface area contributed by atoms with Gasteiger partial charge in [-0.05, 0) is 69.7 Å². The van der Waals surface area contributed by atoms with Gasteiger partial charge in [0.15, 0.2) is 0 Å². The Morgan fingerprint density at radius 2 is 1.48 bits per heavy atom. The molecule has 2 aromatic rings. The molecule has 7 heteroatoms. The van der Waals surface area contributed by atoms with Crippen LogP contribution in [0.3, 0.4) is 0 Å². The van der Waals surface area contributed by atoms with Gasteiger partial charge in [0.1, 0.15) is 11.9 Å². The molecule has 0 aliphatic carbocycles. The quantitative estimate of drug-likeness (QED) is 0.705. The van der Waals surface area contributed by atoms with Crippen LogP contribution >= 0.6 is 0 Å². The van der Waals surface area contributed by atoms with E-state index < -0.39 is 10.0 Å². The van der Waals surface area contributed by atoms with E-state index in [1.807, 2.05) is 45.0 Å². The van der Waals surface area contributed by atoms with Crippen molar-refractivity contribution in [1.82, 2.24) is 14.2 Å². The number of ether oxygens (including phenoxy) is 1. The number of aromatic nitrogens is 1. The predicted octanol–water partition coefficient (Wildman–Crippen LogP) is 3.70. The number of rotatable bonds is 5. The normalized spacial score (nSPS) is 20.1. The van der Waals surface area contributed by atoms with E-state index in [9.17, 15) is 8.42 Å². The first-order chi connectivity index (χ1) is 14.8. The molecule has 0 amide bonds. The van der Waals surface area contributed by atoms with Gasteiger partial charge >= 0.3 is 0 Å². The number of benzene rings is 1. The summed E-state index contributed by atoms with van der Waals surface area (Å²) in [4.78, 5) is 7.05. The minimum Gasteiger partial charge on any atom is -0.490 e. The Hall–Kier alpha value is -1.96. The monoisotopic (exact) mass is 443 g/mol. The zero-order valence-corrected chi connectivity index (χ0v) is 19.6. The first kappa shape index (κ1) is 22.2. The lowest BCUT2D eigenvalue weighted by Crippen LogP contribution is -2.50.